The van der Waals surface area contributed by atoms with Crippen LogP contribution in [-0.4, -0.2) is 29.2 Å². The molecule has 0 radical (unpaired) electrons. The molecule has 0 saturated carbocycles. The number of alkyl halides is 3. The Bertz CT molecular complexity index is 808. The molecule has 1 fully saturated rings. The van der Waals surface area contributed by atoms with Gasteiger partial charge in [0.15, 0.2) is 0 Å². The maximum atomic E-state index is 12.8. The van der Waals surface area contributed by atoms with Crippen molar-refractivity contribution >= 4 is 17.9 Å². The molecule has 0 spiro atoms. The van der Waals surface area contributed by atoms with E-state index in [1.54, 1.807) is 11.8 Å². The second-order valence-electron chi connectivity index (χ2n) is 6.64. The van der Waals surface area contributed by atoms with Crippen LogP contribution in [0.2, 0.25) is 0 Å². The monoisotopic (exact) mass is 425 g/mol. The van der Waals surface area contributed by atoms with Crippen LogP contribution in [0.4, 0.5) is 18.0 Å². The molecule has 8 heteroatoms. The molecule has 0 aromatic heterocycles. The van der Waals surface area contributed by atoms with E-state index in [9.17, 15) is 18.0 Å². The summed E-state index contributed by atoms with van der Waals surface area (Å²) in [5.41, 5.74) is -0.767. The number of nitrogens with zero attached hydrogens (tertiary/aromatic N) is 1. The van der Waals surface area contributed by atoms with Gasteiger partial charge in [0, 0.05) is 24.4 Å². The molecule has 2 aromatic rings. The molecule has 2 aromatic carbocycles. The van der Waals surface area contributed by atoms with Gasteiger partial charge < -0.3 is 14.4 Å². The van der Waals surface area contributed by atoms with Crippen LogP contribution in [0.5, 0.6) is 5.75 Å². The van der Waals surface area contributed by atoms with Gasteiger partial charge >= 0.3 is 17.4 Å². The van der Waals surface area contributed by atoms with E-state index in [0.29, 0.717) is 19.5 Å². The Labute approximate surface area is 172 Å². The maximum Gasteiger partial charge on any atom is 0.416 e. The predicted octanol–water partition coefficient (Wildman–Crippen LogP) is 6.17. The Balaban J connectivity index is 1.85. The average Bonchev–Trinajstić information content (AvgIpc) is 3.23. The smallest absolute Gasteiger partial charge is 0.416 e. The number of halogens is 3. The normalized spacial score (nSPS) is 16.3. The van der Waals surface area contributed by atoms with Gasteiger partial charge in [-0.3, -0.25) is 0 Å². The molecule has 29 heavy (non-hydrogen) atoms. The summed E-state index contributed by atoms with van der Waals surface area (Å²) >= 11 is 1.21. The van der Waals surface area contributed by atoms with E-state index in [2.05, 4.69) is 0 Å². The third-order valence-corrected chi connectivity index (χ3v) is 5.79. The fourth-order valence-corrected chi connectivity index (χ4v) is 3.98. The number of ether oxygens (including phenoxy) is 2. The lowest BCUT2D eigenvalue weighted by molar-refractivity contribution is -0.137. The number of likely N-dealkylation sites (tertiary alicyclic amines) is 1. The molecule has 4 nitrogen and oxygen atoms in total. The van der Waals surface area contributed by atoms with E-state index in [-0.39, 0.29) is 5.75 Å². The van der Waals surface area contributed by atoms with Crippen molar-refractivity contribution in [3.8, 4) is 5.75 Å². The van der Waals surface area contributed by atoms with Crippen LogP contribution in [0.1, 0.15) is 31.7 Å². The molecule has 1 unspecified atom stereocenters. The lowest BCUT2D eigenvalue weighted by Gasteiger charge is -2.33. The summed E-state index contributed by atoms with van der Waals surface area (Å²) in [5.74, 6) is 0.192. The van der Waals surface area contributed by atoms with Gasteiger partial charge in [0.25, 0.3) is 0 Å². The summed E-state index contributed by atoms with van der Waals surface area (Å²) < 4.78 is 50.3. The van der Waals surface area contributed by atoms with Crippen molar-refractivity contribution in [1.29, 1.82) is 0 Å². The number of carbonyl (C=O) groups is 1. The van der Waals surface area contributed by atoms with Gasteiger partial charge in [-0.15, -0.1) is 0 Å². The lowest BCUT2D eigenvalue weighted by Crippen LogP contribution is -2.42. The second kappa shape index (κ2) is 8.98. The first-order valence-corrected chi connectivity index (χ1v) is 10.2. The van der Waals surface area contributed by atoms with Gasteiger partial charge in [-0.2, -0.15) is 13.2 Å². The third kappa shape index (κ3) is 5.59. The summed E-state index contributed by atoms with van der Waals surface area (Å²) in [5, 5.41) is -1.40. The highest BCUT2D eigenvalue weighted by Crippen LogP contribution is 2.40. The third-order valence-electron chi connectivity index (χ3n) is 4.51. The molecule has 1 saturated heterocycles. The molecule has 3 rings (SSSR count). The largest absolute Gasteiger partial charge is 0.443 e. The quantitative estimate of drug-likeness (QED) is 0.410. The molecule has 1 amide bonds. The van der Waals surface area contributed by atoms with Crippen LogP contribution in [0.25, 0.3) is 0 Å². The van der Waals surface area contributed by atoms with E-state index in [0.717, 1.165) is 29.9 Å². The number of carbonyl (C=O) groups excluding carboxylic acids is 1. The van der Waals surface area contributed by atoms with Crippen LogP contribution in [0, 0.1) is 0 Å². The minimum Gasteiger partial charge on any atom is -0.443 e. The highest BCUT2D eigenvalue weighted by molar-refractivity contribution is 8.00. The molecule has 1 heterocycles. The summed E-state index contributed by atoms with van der Waals surface area (Å²) in [7, 11) is 0. The number of amides is 1. The second-order valence-corrected chi connectivity index (χ2v) is 7.94. The Hall–Kier alpha value is -2.35. The zero-order valence-corrected chi connectivity index (χ0v) is 16.8. The average molecular weight is 425 g/mol. The van der Waals surface area contributed by atoms with Crippen molar-refractivity contribution in [1.82, 2.24) is 4.90 Å². The molecule has 1 aliphatic rings. The summed E-state index contributed by atoms with van der Waals surface area (Å²) in [6.45, 7) is 3.04. The molecule has 0 N–H and O–H groups in total. The molecular formula is C21H22F3NO3S. The Morgan fingerprint density at radius 2 is 1.66 bits per heavy atom. The topological polar surface area (TPSA) is 38.8 Å². The van der Waals surface area contributed by atoms with Crippen molar-refractivity contribution in [2.45, 2.75) is 42.4 Å². The Morgan fingerprint density at radius 3 is 2.21 bits per heavy atom. The van der Waals surface area contributed by atoms with Gasteiger partial charge in [-0.25, -0.2) is 4.79 Å². The van der Waals surface area contributed by atoms with E-state index >= 15 is 0 Å². The standard InChI is InChI=1S/C21H22F3NO3S/c1-2-20(29-18-8-4-3-5-9-18,28-19(26)25-14-6-7-15-25)27-17-12-10-16(11-13-17)21(22,23)24/h3-5,8-13H,2,6-7,14-15H2,1H3. The summed E-state index contributed by atoms with van der Waals surface area (Å²) in [6, 6.07) is 13.7. The lowest BCUT2D eigenvalue weighted by atomic mass is 10.2. The van der Waals surface area contributed by atoms with E-state index in [4.69, 9.17) is 9.47 Å². The van der Waals surface area contributed by atoms with Crippen LogP contribution >= 0.6 is 11.8 Å². The van der Waals surface area contributed by atoms with Crippen LogP contribution in [-0.2, 0) is 10.9 Å². The van der Waals surface area contributed by atoms with Crippen molar-refractivity contribution in [3.05, 3.63) is 60.2 Å². The Morgan fingerprint density at radius 1 is 1.03 bits per heavy atom. The first kappa shape index (κ1) is 21.4. The highest BCUT2D eigenvalue weighted by Gasteiger charge is 2.39. The first-order valence-electron chi connectivity index (χ1n) is 9.39. The molecule has 1 atom stereocenters. The minimum atomic E-state index is -4.43. The zero-order chi connectivity index (χ0) is 20.9. The molecular weight excluding hydrogens is 403 g/mol. The summed E-state index contributed by atoms with van der Waals surface area (Å²) in [6.07, 6.45) is -2.78. The maximum absolute atomic E-state index is 12.8. The van der Waals surface area contributed by atoms with Gasteiger partial charge in [0.1, 0.15) is 5.75 Å². The van der Waals surface area contributed by atoms with Crippen molar-refractivity contribution in [3.63, 3.8) is 0 Å². The molecule has 0 aliphatic carbocycles. The number of hydrogen-bond donors (Lipinski definition) is 0. The number of rotatable bonds is 6. The van der Waals surface area contributed by atoms with Gasteiger partial charge in [-0.05, 0) is 61.0 Å². The zero-order valence-electron chi connectivity index (χ0n) is 15.9. The number of hydrogen-bond acceptors (Lipinski definition) is 4. The fraction of sp³-hybridized carbons (Fsp3) is 0.381. The minimum absolute atomic E-state index is 0.192. The van der Waals surface area contributed by atoms with E-state index < -0.39 is 23.0 Å². The predicted molar refractivity (Wildman–Crippen MR) is 105 cm³/mol. The molecule has 1 aliphatic heterocycles. The van der Waals surface area contributed by atoms with Crippen molar-refractivity contribution in [2.24, 2.45) is 0 Å². The van der Waals surface area contributed by atoms with Gasteiger partial charge in [-0.1, -0.05) is 25.1 Å². The van der Waals surface area contributed by atoms with Gasteiger partial charge in [0.05, 0.1) is 5.56 Å². The van der Waals surface area contributed by atoms with E-state index in [1.807, 2.05) is 30.3 Å². The fourth-order valence-electron chi connectivity index (χ4n) is 2.94. The van der Waals surface area contributed by atoms with E-state index in [1.165, 1.54) is 23.9 Å². The van der Waals surface area contributed by atoms with Crippen LogP contribution < -0.4 is 4.74 Å². The number of thioether (sulfide) groups is 1. The SMILES string of the molecule is CCC(OC(=O)N1CCCC1)(Oc1ccc(C(F)(F)F)cc1)Sc1ccccc1. The van der Waals surface area contributed by atoms with Crippen molar-refractivity contribution < 1.29 is 27.4 Å². The Kier molecular flexibility index (Phi) is 6.62. The summed E-state index contributed by atoms with van der Waals surface area (Å²) in [4.78, 5) is 15.1. The molecule has 0 bridgehead atoms. The van der Waals surface area contributed by atoms with Crippen LogP contribution in [0.15, 0.2) is 59.5 Å². The highest BCUT2D eigenvalue weighted by atomic mass is 32.2. The number of benzene rings is 2. The van der Waals surface area contributed by atoms with Crippen molar-refractivity contribution in [2.75, 3.05) is 13.1 Å². The van der Waals surface area contributed by atoms with Crippen LogP contribution in [0.3, 0.4) is 0 Å². The molecule has 156 valence electrons. The van der Waals surface area contributed by atoms with Gasteiger partial charge in [0.2, 0.25) is 0 Å². The first-order chi connectivity index (χ1) is 13.8.